The number of aromatic amines is 2. The van der Waals surface area contributed by atoms with E-state index in [0.717, 1.165) is 44.8 Å². The van der Waals surface area contributed by atoms with Crippen LogP contribution in [0.4, 0.5) is 0 Å². The van der Waals surface area contributed by atoms with E-state index in [0.29, 0.717) is 0 Å². The fourth-order valence-corrected chi connectivity index (χ4v) is 2.91. The number of rotatable bonds is 0. The summed E-state index contributed by atoms with van der Waals surface area (Å²) >= 11 is 0. The van der Waals surface area contributed by atoms with Crippen LogP contribution in [0.3, 0.4) is 0 Å². The predicted molar refractivity (Wildman–Crippen MR) is 98.9 cm³/mol. The van der Waals surface area contributed by atoms with E-state index in [2.05, 4.69) is 51.4 Å². The molecule has 5 heterocycles. The van der Waals surface area contributed by atoms with Gasteiger partial charge in [-0.15, -0.1) is 0 Å². The smallest absolute Gasteiger partial charge is 0.0895 e. The number of fused-ring (bicyclic) bond motifs is 10. The van der Waals surface area contributed by atoms with Crippen molar-refractivity contribution in [2.24, 2.45) is 0 Å². The number of nitrogens with one attached hydrogen (secondary N) is 2. The van der Waals surface area contributed by atoms with E-state index in [-0.39, 0.29) is 0 Å². The predicted octanol–water partition coefficient (Wildman–Crippen LogP) is 4.66. The molecule has 0 saturated carbocycles. The van der Waals surface area contributed by atoms with Crippen molar-refractivity contribution >= 4 is 46.4 Å². The van der Waals surface area contributed by atoms with Crippen molar-refractivity contribution in [2.75, 3.05) is 0 Å². The standard InChI is InChI=1S/C20H14N4/c1-2-14-4-6-16-8-10-18(23-16)20-12-11-19(24-20)17-9-7-15(22-17)5-3-13(1)21-14/h1-12,21-22H. The molecular weight excluding hydrogens is 296 g/mol. The maximum absolute atomic E-state index is 4.70. The van der Waals surface area contributed by atoms with Crippen molar-refractivity contribution in [2.45, 2.75) is 0 Å². The van der Waals surface area contributed by atoms with Crippen LogP contribution in [0.2, 0.25) is 0 Å². The van der Waals surface area contributed by atoms with Gasteiger partial charge >= 0.3 is 0 Å². The Kier molecular flexibility index (Phi) is 2.76. The molecule has 0 fully saturated rings. The largest absolute Gasteiger partial charge is 0.356 e. The van der Waals surface area contributed by atoms with Gasteiger partial charge in [-0.1, -0.05) is 0 Å². The Morgan fingerprint density at radius 1 is 0.500 bits per heavy atom. The average Bonchev–Trinajstić information content (AvgIpc) is 3.37. The molecule has 114 valence electrons. The molecule has 2 aliphatic heterocycles. The van der Waals surface area contributed by atoms with Gasteiger partial charge in [-0.3, -0.25) is 0 Å². The molecule has 4 heteroatoms. The Bertz CT molecular complexity index is 1160. The zero-order valence-corrected chi connectivity index (χ0v) is 12.8. The van der Waals surface area contributed by atoms with E-state index in [1.165, 1.54) is 0 Å². The molecule has 3 aromatic rings. The molecule has 0 spiro atoms. The van der Waals surface area contributed by atoms with E-state index in [1.807, 2.05) is 36.4 Å². The zero-order chi connectivity index (χ0) is 15.9. The highest BCUT2D eigenvalue weighted by Gasteiger charge is 2.08. The Morgan fingerprint density at radius 2 is 1.08 bits per heavy atom. The van der Waals surface area contributed by atoms with E-state index < -0.39 is 0 Å². The lowest BCUT2D eigenvalue weighted by Crippen LogP contribution is -1.82. The van der Waals surface area contributed by atoms with Gasteiger partial charge in [0, 0.05) is 16.6 Å². The summed E-state index contributed by atoms with van der Waals surface area (Å²) in [4.78, 5) is 16.1. The second-order valence-electron chi connectivity index (χ2n) is 5.83. The van der Waals surface area contributed by atoms with Gasteiger partial charge in [-0.25, -0.2) is 9.97 Å². The zero-order valence-electron chi connectivity index (χ0n) is 12.8. The Balaban J connectivity index is 1.86. The average molecular weight is 310 g/mol. The summed E-state index contributed by atoms with van der Waals surface area (Å²) in [6.07, 6.45) is 8.05. The van der Waals surface area contributed by atoms with E-state index in [1.54, 1.807) is 0 Å². The molecule has 0 amide bonds. The van der Waals surface area contributed by atoms with Crippen LogP contribution in [0.5, 0.6) is 0 Å². The molecule has 0 radical (unpaired) electrons. The molecule has 0 saturated heterocycles. The topological polar surface area (TPSA) is 57.4 Å². The third-order valence-electron chi connectivity index (χ3n) is 4.16. The maximum atomic E-state index is 4.70. The number of hydrogen-bond acceptors (Lipinski definition) is 2. The highest BCUT2D eigenvalue weighted by molar-refractivity contribution is 5.84. The molecule has 8 bridgehead atoms. The van der Waals surface area contributed by atoms with Crippen LogP contribution in [0.15, 0.2) is 48.5 Å². The highest BCUT2D eigenvalue weighted by Crippen LogP contribution is 2.21. The first-order chi connectivity index (χ1) is 11.8. The molecular formula is C20H14N4. The molecule has 0 aliphatic carbocycles. The van der Waals surface area contributed by atoms with Crippen LogP contribution < -0.4 is 0 Å². The molecule has 4 nitrogen and oxygen atoms in total. The summed E-state index contributed by atoms with van der Waals surface area (Å²) in [7, 11) is 0. The fourth-order valence-electron chi connectivity index (χ4n) is 2.91. The van der Waals surface area contributed by atoms with Crippen LogP contribution in [0.25, 0.3) is 46.4 Å². The first-order valence-corrected chi connectivity index (χ1v) is 7.86. The van der Waals surface area contributed by atoms with Crippen molar-refractivity contribution in [3.05, 3.63) is 71.3 Å². The Labute approximate surface area is 138 Å². The van der Waals surface area contributed by atoms with E-state index >= 15 is 0 Å². The minimum absolute atomic E-state index is 0.894. The van der Waals surface area contributed by atoms with Crippen LogP contribution in [-0.2, 0) is 0 Å². The lowest BCUT2D eigenvalue weighted by Gasteiger charge is -1.88. The molecule has 24 heavy (non-hydrogen) atoms. The van der Waals surface area contributed by atoms with Gasteiger partial charge in [0.15, 0.2) is 0 Å². The van der Waals surface area contributed by atoms with Gasteiger partial charge in [0.25, 0.3) is 0 Å². The first-order valence-electron chi connectivity index (χ1n) is 7.86. The molecule has 0 unspecified atom stereocenters. The first kappa shape index (κ1) is 13.1. The van der Waals surface area contributed by atoms with Gasteiger partial charge in [0.2, 0.25) is 0 Å². The summed E-state index contributed by atoms with van der Waals surface area (Å²) in [5, 5.41) is 0. The number of nitrogens with zero attached hydrogens (tertiary/aromatic N) is 2. The molecule has 0 aromatic carbocycles. The summed E-state index contributed by atoms with van der Waals surface area (Å²) < 4.78 is 0. The monoisotopic (exact) mass is 310 g/mol. The highest BCUT2D eigenvalue weighted by atomic mass is 14.8. The van der Waals surface area contributed by atoms with Crippen molar-refractivity contribution < 1.29 is 0 Å². The second kappa shape index (κ2) is 5.06. The van der Waals surface area contributed by atoms with Crippen molar-refractivity contribution in [1.82, 2.24) is 19.9 Å². The lowest BCUT2D eigenvalue weighted by molar-refractivity contribution is 1.23. The van der Waals surface area contributed by atoms with Crippen molar-refractivity contribution in [3.8, 4) is 0 Å². The van der Waals surface area contributed by atoms with Crippen LogP contribution >= 0.6 is 0 Å². The third kappa shape index (κ3) is 2.25. The third-order valence-corrected chi connectivity index (χ3v) is 4.16. The quantitative estimate of drug-likeness (QED) is 0.437. The SMILES string of the molecule is C1=Cc2nc1ccc1ccc(ccc3ccc([nH]3)c3nc2C=C3)[nH]1. The van der Waals surface area contributed by atoms with Gasteiger partial charge in [-0.2, -0.15) is 0 Å². The number of aromatic nitrogens is 4. The fraction of sp³-hybridized carbons (Fsp3) is 0. The lowest BCUT2D eigenvalue weighted by atomic mass is 10.3. The Morgan fingerprint density at radius 3 is 1.92 bits per heavy atom. The van der Waals surface area contributed by atoms with E-state index in [4.69, 9.17) is 4.98 Å². The van der Waals surface area contributed by atoms with Crippen LogP contribution in [-0.4, -0.2) is 19.9 Å². The Hall–Kier alpha value is -3.40. The minimum atomic E-state index is 0.894. The van der Waals surface area contributed by atoms with E-state index in [9.17, 15) is 0 Å². The number of H-pyrrole nitrogens is 2. The summed E-state index contributed by atoms with van der Waals surface area (Å²) in [6.45, 7) is 0. The molecule has 0 atom stereocenters. The van der Waals surface area contributed by atoms with Gasteiger partial charge < -0.3 is 9.97 Å². The van der Waals surface area contributed by atoms with Crippen LogP contribution in [0, 0.1) is 0 Å². The molecule has 5 rings (SSSR count). The minimum Gasteiger partial charge on any atom is -0.356 e. The number of hydrogen-bond donors (Lipinski definition) is 2. The summed E-state index contributed by atoms with van der Waals surface area (Å²) in [6, 6.07) is 16.4. The summed E-state index contributed by atoms with van der Waals surface area (Å²) in [5.41, 5.74) is 7.80. The second-order valence-corrected chi connectivity index (χ2v) is 5.83. The summed E-state index contributed by atoms with van der Waals surface area (Å²) in [5.74, 6) is 0. The van der Waals surface area contributed by atoms with Crippen molar-refractivity contribution in [3.63, 3.8) is 0 Å². The van der Waals surface area contributed by atoms with Gasteiger partial charge in [-0.05, 0) is 72.8 Å². The van der Waals surface area contributed by atoms with Gasteiger partial charge in [0.05, 0.1) is 28.3 Å². The van der Waals surface area contributed by atoms with Gasteiger partial charge in [0.1, 0.15) is 0 Å². The molecule has 2 N–H and O–H groups in total. The van der Waals surface area contributed by atoms with Crippen molar-refractivity contribution in [1.29, 1.82) is 0 Å². The normalized spacial score (nSPS) is 12.7. The molecule has 2 aliphatic rings. The maximum Gasteiger partial charge on any atom is 0.0895 e. The molecule has 3 aromatic heterocycles. The van der Waals surface area contributed by atoms with Crippen LogP contribution in [0.1, 0.15) is 22.8 Å².